The molecule has 0 saturated carbocycles. The first-order valence-corrected chi connectivity index (χ1v) is 5.08. The highest BCUT2D eigenvalue weighted by atomic mass is 19.1. The first-order valence-electron chi connectivity index (χ1n) is 5.08. The molecule has 0 aromatic heterocycles. The van der Waals surface area contributed by atoms with Crippen molar-refractivity contribution < 1.29 is 19.1 Å². The summed E-state index contributed by atoms with van der Waals surface area (Å²) in [7, 11) is 0. The van der Waals surface area contributed by atoms with Crippen LogP contribution in [0.3, 0.4) is 0 Å². The highest BCUT2D eigenvalue weighted by Gasteiger charge is 2.32. The quantitative estimate of drug-likeness (QED) is 0.789. The number of aromatic carboxylic acids is 1. The lowest BCUT2D eigenvalue weighted by Crippen LogP contribution is -2.30. The number of para-hydroxylation sites is 1. The summed E-state index contributed by atoms with van der Waals surface area (Å²) in [6, 6.07) is 3.29. The zero-order valence-corrected chi connectivity index (χ0v) is 8.89. The second kappa shape index (κ2) is 4.14. The Morgan fingerprint density at radius 1 is 1.53 bits per heavy atom. The fraction of sp³-hybridized carbons (Fsp3) is 0.273. The van der Waals surface area contributed by atoms with Crippen LogP contribution in [0.1, 0.15) is 16.8 Å². The van der Waals surface area contributed by atoms with Crippen molar-refractivity contribution in [1.82, 2.24) is 0 Å². The second-order valence-corrected chi connectivity index (χ2v) is 3.91. The number of nitrogens with two attached hydrogens (primary N) is 1. The fourth-order valence-corrected chi connectivity index (χ4v) is 1.91. The summed E-state index contributed by atoms with van der Waals surface area (Å²) in [5.41, 5.74) is 5.17. The van der Waals surface area contributed by atoms with E-state index < -0.39 is 11.8 Å². The summed E-state index contributed by atoms with van der Waals surface area (Å²) >= 11 is 0. The molecule has 0 spiro atoms. The summed E-state index contributed by atoms with van der Waals surface area (Å²) in [4.78, 5) is 23.7. The van der Waals surface area contributed by atoms with Crippen LogP contribution in [0.2, 0.25) is 0 Å². The molecule has 1 atom stereocenters. The molecular weight excluding hydrogens is 227 g/mol. The highest BCUT2D eigenvalue weighted by molar-refractivity contribution is 6.03. The van der Waals surface area contributed by atoms with Gasteiger partial charge < -0.3 is 15.7 Å². The van der Waals surface area contributed by atoms with Crippen LogP contribution in [0.4, 0.5) is 10.1 Å². The second-order valence-electron chi connectivity index (χ2n) is 3.91. The molecule has 1 aliphatic rings. The van der Waals surface area contributed by atoms with Gasteiger partial charge in [-0.3, -0.25) is 4.79 Å². The SMILES string of the molecule is NC1CC(=O)N(c2c(F)cccc2C(=O)O)C1. The average Bonchev–Trinajstić information content (AvgIpc) is 2.57. The molecule has 3 N–H and O–H groups in total. The Bertz CT molecular complexity index is 490. The third kappa shape index (κ3) is 1.99. The van der Waals surface area contributed by atoms with E-state index >= 15 is 0 Å². The van der Waals surface area contributed by atoms with E-state index in [-0.39, 0.29) is 36.2 Å². The molecular formula is C11H11FN2O3. The molecule has 90 valence electrons. The van der Waals surface area contributed by atoms with Crippen molar-refractivity contribution in [2.45, 2.75) is 12.5 Å². The van der Waals surface area contributed by atoms with Crippen LogP contribution in [-0.4, -0.2) is 29.6 Å². The minimum absolute atomic E-state index is 0.105. The zero-order valence-electron chi connectivity index (χ0n) is 8.89. The number of halogens is 1. The molecule has 1 aromatic rings. The maximum absolute atomic E-state index is 13.7. The van der Waals surface area contributed by atoms with E-state index in [0.717, 1.165) is 11.0 Å². The Kier molecular flexibility index (Phi) is 2.81. The van der Waals surface area contributed by atoms with Crippen LogP contribution < -0.4 is 10.6 Å². The molecule has 1 heterocycles. The van der Waals surface area contributed by atoms with Crippen molar-refractivity contribution in [1.29, 1.82) is 0 Å². The minimum atomic E-state index is -1.27. The maximum Gasteiger partial charge on any atom is 0.337 e. The van der Waals surface area contributed by atoms with Crippen molar-refractivity contribution in [3.63, 3.8) is 0 Å². The molecule has 1 aliphatic heterocycles. The summed E-state index contributed by atoms with van der Waals surface area (Å²) in [5.74, 6) is -2.36. The van der Waals surface area contributed by atoms with Crippen LogP contribution in [0.15, 0.2) is 18.2 Å². The molecule has 17 heavy (non-hydrogen) atoms. The summed E-state index contributed by atoms with van der Waals surface area (Å²) in [6.45, 7) is 0.139. The first kappa shape index (κ1) is 11.5. The van der Waals surface area contributed by atoms with Gasteiger partial charge in [0.25, 0.3) is 0 Å². The van der Waals surface area contributed by atoms with Gasteiger partial charge in [-0.15, -0.1) is 0 Å². The number of nitrogens with zero attached hydrogens (tertiary/aromatic N) is 1. The molecule has 0 aliphatic carbocycles. The number of benzene rings is 1. The number of hydrogen-bond acceptors (Lipinski definition) is 3. The van der Waals surface area contributed by atoms with Gasteiger partial charge in [0.05, 0.1) is 11.3 Å². The topological polar surface area (TPSA) is 83.6 Å². The van der Waals surface area contributed by atoms with Gasteiger partial charge in [-0.2, -0.15) is 0 Å². The van der Waals surface area contributed by atoms with E-state index in [4.69, 9.17) is 10.8 Å². The van der Waals surface area contributed by atoms with E-state index in [9.17, 15) is 14.0 Å². The predicted molar refractivity (Wildman–Crippen MR) is 58.3 cm³/mol. The lowest BCUT2D eigenvalue weighted by molar-refractivity contribution is -0.117. The van der Waals surface area contributed by atoms with Crippen LogP contribution in [0, 0.1) is 5.82 Å². The van der Waals surface area contributed by atoms with Crippen molar-refractivity contribution in [3.05, 3.63) is 29.6 Å². The Morgan fingerprint density at radius 2 is 2.24 bits per heavy atom. The van der Waals surface area contributed by atoms with Crippen molar-refractivity contribution in [2.24, 2.45) is 5.73 Å². The zero-order chi connectivity index (χ0) is 12.6. The maximum atomic E-state index is 13.7. The van der Waals surface area contributed by atoms with Gasteiger partial charge >= 0.3 is 5.97 Å². The monoisotopic (exact) mass is 238 g/mol. The molecule has 1 saturated heterocycles. The van der Waals surface area contributed by atoms with E-state index in [2.05, 4.69) is 0 Å². The molecule has 1 unspecified atom stereocenters. The van der Waals surface area contributed by atoms with Crippen molar-refractivity contribution in [2.75, 3.05) is 11.4 Å². The molecule has 5 nitrogen and oxygen atoms in total. The number of hydrogen-bond donors (Lipinski definition) is 2. The van der Waals surface area contributed by atoms with Gasteiger partial charge in [-0.05, 0) is 12.1 Å². The summed E-state index contributed by atoms with van der Waals surface area (Å²) in [6.07, 6.45) is 0.105. The van der Waals surface area contributed by atoms with Crippen molar-refractivity contribution >= 4 is 17.6 Å². The van der Waals surface area contributed by atoms with Crippen LogP contribution in [0.25, 0.3) is 0 Å². The number of anilines is 1. The van der Waals surface area contributed by atoms with Crippen LogP contribution in [-0.2, 0) is 4.79 Å². The normalized spacial score (nSPS) is 19.8. The number of carbonyl (C=O) groups excluding carboxylic acids is 1. The lowest BCUT2D eigenvalue weighted by atomic mass is 10.1. The Hall–Kier alpha value is -1.95. The summed E-state index contributed by atoms with van der Waals surface area (Å²) in [5, 5.41) is 8.97. The van der Waals surface area contributed by atoms with Crippen LogP contribution >= 0.6 is 0 Å². The lowest BCUT2D eigenvalue weighted by Gasteiger charge is -2.18. The van der Waals surface area contributed by atoms with E-state index in [1.54, 1.807) is 0 Å². The Balaban J connectivity index is 2.51. The van der Waals surface area contributed by atoms with Crippen LogP contribution in [0.5, 0.6) is 0 Å². The number of rotatable bonds is 2. The number of carbonyl (C=O) groups is 2. The third-order valence-corrected chi connectivity index (χ3v) is 2.64. The molecule has 2 rings (SSSR count). The average molecular weight is 238 g/mol. The smallest absolute Gasteiger partial charge is 0.337 e. The van der Waals surface area contributed by atoms with Gasteiger partial charge in [-0.1, -0.05) is 6.07 Å². The largest absolute Gasteiger partial charge is 0.478 e. The summed E-state index contributed by atoms with van der Waals surface area (Å²) < 4.78 is 13.7. The van der Waals surface area contributed by atoms with Gasteiger partial charge in [0.15, 0.2) is 0 Å². The van der Waals surface area contributed by atoms with Gasteiger partial charge in [0, 0.05) is 19.0 Å². The van der Waals surface area contributed by atoms with Gasteiger partial charge in [0.1, 0.15) is 5.82 Å². The van der Waals surface area contributed by atoms with E-state index in [1.807, 2.05) is 0 Å². The Labute approximate surface area is 96.6 Å². The van der Waals surface area contributed by atoms with E-state index in [0.29, 0.717) is 0 Å². The van der Waals surface area contributed by atoms with Gasteiger partial charge in [0.2, 0.25) is 5.91 Å². The number of carboxylic acids is 1. The molecule has 1 fully saturated rings. The first-order chi connectivity index (χ1) is 8.00. The predicted octanol–water partition coefficient (Wildman–Crippen LogP) is 0.588. The fourth-order valence-electron chi connectivity index (χ4n) is 1.91. The van der Waals surface area contributed by atoms with Crippen molar-refractivity contribution in [3.8, 4) is 0 Å². The number of carboxylic acid groups (broad SMARTS) is 1. The number of amides is 1. The van der Waals surface area contributed by atoms with Gasteiger partial charge in [-0.25, -0.2) is 9.18 Å². The molecule has 1 aromatic carbocycles. The molecule has 6 heteroatoms. The highest BCUT2D eigenvalue weighted by Crippen LogP contribution is 2.28. The Morgan fingerprint density at radius 3 is 2.76 bits per heavy atom. The standard InChI is InChI=1S/C11H11FN2O3/c12-8-3-1-2-7(11(16)17)10(8)14-5-6(13)4-9(14)15/h1-3,6H,4-5,13H2,(H,16,17). The molecule has 0 bridgehead atoms. The third-order valence-electron chi connectivity index (χ3n) is 2.64. The molecule has 0 radical (unpaired) electrons. The van der Waals surface area contributed by atoms with E-state index in [1.165, 1.54) is 12.1 Å². The minimum Gasteiger partial charge on any atom is -0.478 e. The molecule has 1 amide bonds.